The number of hydrogen-bond donors (Lipinski definition) is 0. The molecule has 0 N–H and O–H groups in total. The maximum Gasteiger partial charge on any atom is 0.356 e. The van der Waals surface area contributed by atoms with Gasteiger partial charge in [0.2, 0.25) is 0 Å². The van der Waals surface area contributed by atoms with Crippen LogP contribution in [0.15, 0.2) is 12.4 Å². The average molecular weight is 187 g/mol. The second kappa shape index (κ2) is 4.01. The van der Waals surface area contributed by atoms with Gasteiger partial charge in [0.15, 0.2) is 5.69 Å². The Kier molecular flexibility index (Phi) is 2.99. The predicted octanol–water partition coefficient (Wildman–Crippen LogP) is 1.00. The molecule has 0 bridgehead atoms. The quantitative estimate of drug-likeness (QED) is 0.511. The predicted molar refractivity (Wildman–Crippen MR) is 42.9 cm³/mol. The summed E-state index contributed by atoms with van der Waals surface area (Å²) in [5.74, 6) is -0.226. The third kappa shape index (κ3) is 1.92. The maximum atomic E-state index is 10.9. The van der Waals surface area contributed by atoms with Crippen molar-refractivity contribution in [2.24, 2.45) is 0 Å². The van der Waals surface area contributed by atoms with Crippen LogP contribution in [-0.2, 0) is 10.6 Å². The summed E-state index contributed by atoms with van der Waals surface area (Å²) in [7, 11) is 1.30. The van der Waals surface area contributed by atoms with E-state index in [1.165, 1.54) is 19.5 Å². The minimum absolute atomic E-state index is 0.225. The third-order valence-corrected chi connectivity index (χ3v) is 1.53. The molecule has 0 saturated heterocycles. The lowest BCUT2D eigenvalue weighted by atomic mass is 10.3. The van der Waals surface area contributed by atoms with Gasteiger partial charge in [-0.3, -0.25) is 0 Å². The molecule has 0 atom stereocenters. The maximum absolute atomic E-state index is 10.9. The van der Waals surface area contributed by atoms with Gasteiger partial charge in [0.05, 0.1) is 18.7 Å². The summed E-state index contributed by atoms with van der Waals surface area (Å²) in [5.41, 5.74) is 0.829. The van der Waals surface area contributed by atoms with Crippen LogP contribution in [0.25, 0.3) is 0 Å². The van der Waals surface area contributed by atoms with E-state index in [1.807, 2.05) is 0 Å². The Hall–Kier alpha value is -1.16. The molecule has 0 radical (unpaired) electrons. The van der Waals surface area contributed by atoms with E-state index in [4.69, 9.17) is 11.6 Å². The molecule has 0 amide bonds. The Morgan fingerprint density at radius 2 is 2.42 bits per heavy atom. The van der Waals surface area contributed by atoms with Gasteiger partial charge in [-0.05, 0) is 6.07 Å². The number of halogens is 1. The molecule has 1 rings (SSSR count). The minimum Gasteiger partial charge on any atom is -0.464 e. The van der Waals surface area contributed by atoms with Crippen molar-refractivity contribution in [2.75, 3.05) is 7.11 Å². The molecule has 0 aromatic carbocycles. The highest BCUT2D eigenvalue weighted by Crippen LogP contribution is 2.02. The highest BCUT2D eigenvalue weighted by Gasteiger charge is 2.06. The smallest absolute Gasteiger partial charge is 0.356 e. The number of carbonyl (C=O) groups is 1. The molecule has 1 heterocycles. The lowest BCUT2D eigenvalue weighted by molar-refractivity contribution is 0.0593. The third-order valence-electron chi connectivity index (χ3n) is 1.26. The first kappa shape index (κ1) is 8.93. The first-order valence-corrected chi connectivity index (χ1v) is 3.76. The van der Waals surface area contributed by atoms with Crippen molar-refractivity contribution in [2.45, 2.75) is 5.88 Å². The molecule has 0 saturated carbocycles. The highest BCUT2D eigenvalue weighted by atomic mass is 35.5. The molecule has 0 aliphatic rings. The topological polar surface area (TPSA) is 52.1 Å². The summed E-state index contributed by atoms with van der Waals surface area (Å²) >= 11 is 5.50. The van der Waals surface area contributed by atoms with Crippen molar-refractivity contribution in [1.82, 2.24) is 9.97 Å². The molecule has 0 spiro atoms. The molecular weight excluding hydrogens is 180 g/mol. The average Bonchev–Trinajstić information content (AvgIpc) is 2.17. The van der Waals surface area contributed by atoms with Gasteiger partial charge in [-0.1, -0.05) is 0 Å². The van der Waals surface area contributed by atoms with Crippen molar-refractivity contribution in [3.8, 4) is 0 Å². The Labute approximate surface area is 74.5 Å². The van der Waals surface area contributed by atoms with E-state index in [0.717, 1.165) is 0 Å². The van der Waals surface area contributed by atoms with Gasteiger partial charge < -0.3 is 4.74 Å². The first-order chi connectivity index (χ1) is 5.77. The second-order valence-electron chi connectivity index (χ2n) is 2.02. The van der Waals surface area contributed by atoms with Crippen LogP contribution >= 0.6 is 11.6 Å². The van der Waals surface area contributed by atoms with Gasteiger partial charge in [-0.25, -0.2) is 14.8 Å². The minimum atomic E-state index is -0.483. The number of rotatable bonds is 2. The van der Waals surface area contributed by atoms with Gasteiger partial charge in [0, 0.05) is 0 Å². The molecule has 12 heavy (non-hydrogen) atoms. The number of carbonyl (C=O) groups excluding carboxylic acids is 1. The summed E-state index contributed by atoms with van der Waals surface area (Å²) < 4.78 is 4.46. The summed E-state index contributed by atoms with van der Waals surface area (Å²) in [6.07, 6.45) is 1.28. The van der Waals surface area contributed by atoms with E-state index in [1.54, 1.807) is 0 Å². The molecule has 4 nitrogen and oxygen atoms in total. The van der Waals surface area contributed by atoms with Crippen LogP contribution in [0, 0.1) is 0 Å². The molecule has 0 aliphatic heterocycles. The van der Waals surface area contributed by atoms with Crippen LogP contribution in [0.2, 0.25) is 0 Å². The largest absolute Gasteiger partial charge is 0.464 e. The normalized spacial score (nSPS) is 9.50. The van der Waals surface area contributed by atoms with Crippen LogP contribution < -0.4 is 0 Å². The van der Waals surface area contributed by atoms with Crippen molar-refractivity contribution < 1.29 is 9.53 Å². The van der Waals surface area contributed by atoms with Gasteiger partial charge in [-0.15, -0.1) is 11.6 Å². The Balaban J connectivity index is 2.93. The number of hydrogen-bond acceptors (Lipinski definition) is 4. The number of alkyl halides is 1. The van der Waals surface area contributed by atoms with Crippen molar-refractivity contribution >= 4 is 17.6 Å². The molecule has 0 aliphatic carbocycles. The zero-order chi connectivity index (χ0) is 8.97. The van der Waals surface area contributed by atoms with Crippen LogP contribution in [0.5, 0.6) is 0 Å². The SMILES string of the molecule is COC(=O)c1cc(CCl)ncn1. The van der Waals surface area contributed by atoms with Crippen molar-refractivity contribution in [3.05, 3.63) is 23.8 Å². The fraction of sp³-hybridized carbons (Fsp3) is 0.286. The number of methoxy groups -OCH3 is 1. The molecular formula is C7H7ClN2O2. The summed E-state index contributed by atoms with van der Waals surface area (Å²) in [5, 5.41) is 0. The van der Waals surface area contributed by atoms with E-state index in [0.29, 0.717) is 5.69 Å². The van der Waals surface area contributed by atoms with E-state index in [-0.39, 0.29) is 11.6 Å². The molecule has 5 heteroatoms. The molecule has 1 aromatic rings. The molecule has 64 valence electrons. The Morgan fingerprint density at radius 3 is 3.00 bits per heavy atom. The van der Waals surface area contributed by atoms with E-state index in [9.17, 15) is 4.79 Å². The lowest BCUT2D eigenvalue weighted by Gasteiger charge is -1.98. The zero-order valence-corrected chi connectivity index (χ0v) is 7.21. The fourth-order valence-electron chi connectivity index (χ4n) is 0.687. The van der Waals surface area contributed by atoms with Crippen LogP contribution in [0.4, 0.5) is 0 Å². The van der Waals surface area contributed by atoms with Crippen LogP contribution in [0.3, 0.4) is 0 Å². The Morgan fingerprint density at radius 1 is 1.67 bits per heavy atom. The number of ether oxygens (including phenoxy) is 1. The summed E-state index contributed by atoms with van der Waals surface area (Å²) in [6.45, 7) is 0. The van der Waals surface area contributed by atoms with E-state index in [2.05, 4.69) is 14.7 Å². The molecule has 0 fully saturated rings. The summed E-state index contributed by atoms with van der Waals surface area (Å²) in [6, 6.07) is 1.50. The number of aromatic nitrogens is 2. The number of esters is 1. The second-order valence-corrected chi connectivity index (χ2v) is 2.29. The monoisotopic (exact) mass is 186 g/mol. The van der Waals surface area contributed by atoms with E-state index < -0.39 is 5.97 Å². The van der Waals surface area contributed by atoms with Crippen molar-refractivity contribution in [3.63, 3.8) is 0 Å². The summed E-state index contributed by atoms with van der Waals surface area (Å²) in [4.78, 5) is 18.5. The van der Waals surface area contributed by atoms with Gasteiger partial charge in [-0.2, -0.15) is 0 Å². The lowest BCUT2D eigenvalue weighted by Crippen LogP contribution is -2.05. The van der Waals surface area contributed by atoms with Crippen LogP contribution in [0.1, 0.15) is 16.2 Å². The van der Waals surface area contributed by atoms with Gasteiger partial charge in [0.25, 0.3) is 0 Å². The van der Waals surface area contributed by atoms with Gasteiger partial charge >= 0.3 is 5.97 Å². The first-order valence-electron chi connectivity index (χ1n) is 3.23. The van der Waals surface area contributed by atoms with Crippen LogP contribution in [-0.4, -0.2) is 23.0 Å². The van der Waals surface area contributed by atoms with Gasteiger partial charge in [0.1, 0.15) is 6.33 Å². The number of nitrogens with zero attached hydrogens (tertiary/aromatic N) is 2. The fourth-order valence-corrected chi connectivity index (χ4v) is 0.833. The van der Waals surface area contributed by atoms with E-state index >= 15 is 0 Å². The molecule has 0 unspecified atom stereocenters. The Bertz CT molecular complexity index is 290. The zero-order valence-electron chi connectivity index (χ0n) is 6.45. The standard InChI is InChI=1S/C7H7ClN2O2/c1-12-7(11)6-2-5(3-8)9-4-10-6/h2,4H,3H2,1H3. The molecule has 1 aromatic heterocycles. The highest BCUT2D eigenvalue weighted by molar-refractivity contribution is 6.16. The van der Waals surface area contributed by atoms with Crippen molar-refractivity contribution in [1.29, 1.82) is 0 Å².